The van der Waals surface area contributed by atoms with Gasteiger partial charge >= 0.3 is 0 Å². The molecule has 1 heterocycles. The van der Waals surface area contributed by atoms with Gasteiger partial charge in [0, 0.05) is 37.7 Å². The zero-order chi connectivity index (χ0) is 21.2. The molecule has 30 heavy (non-hydrogen) atoms. The molecule has 1 aliphatic rings. The highest BCUT2D eigenvalue weighted by Crippen LogP contribution is 2.16. The first kappa shape index (κ1) is 22.6. The quantitative estimate of drug-likeness (QED) is 0.443. The Morgan fingerprint density at radius 3 is 2.50 bits per heavy atom. The van der Waals surface area contributed by atoms with Crippen LogP contribution in [-0.4, -0.2) is 55.4 Å². The zero-order valence-electron chi connectivity index (χ0n) is 17.5. The summed E-state index contributed by atoms with van der Waals surface area (Å²) in [6, 6.07) is 15.7. The van der Waals surface area contributed by atoms with Gasteiger partial charge < -0.3 is 20.5 Å². The third-order valence-electron chi connectivity index (χ3n) is 5.09. The maximum atomic E-state index is 10.4. The smallest absolute Gasteiger partial charge is 0.191 e. The third-order valence-corrected chi connectivity index (χ3v) is 5.34. The van der Waals surface area contributed by atoms with Gasteiger partial charge in [-0.15, -0.1) is 0 Å². The Balaban J connectivity index is 1.60. The fourth-order valence-corrected chi connectivity index (χ4v) is 3.49. The summed E-state index contributed by atoms with van der Waals surface area (Å²) in [6.07, 6.45) is -0.639. The number of aliphatic imine (C=N–C) groups is 1. The van der Waals surface area contributed by atoms with Gasteiger partial charge in [-0.25, -0.2) is 4.99 Å². The van der Waals surface area contributed by atoms with Crippen molar-refractivity contribution >= 4 is 17.6 Å². The van der Waals surface area contributed by atoms with E-state index >= 15 is 0 Å². The summed E-state index contributed by atoms with van der Waals surface area (Å²) in [4.78, 5) is 7.15. The van der Waals surface area contributed by atoms with E-state index in [0.29, 0.717) is 24.1 Å². The highest BCUT2D eigenvalue weighted by atomic mass is 35.5. The van der Waals surface area contributed by atoms with Crippen molar-refractivity contribution < 1.29 is 9.84 Å². The maximum Gasteiger partial charge on any atom is 0.191 e. The van der Waals surface area contributed by atoms with Gasteiger partial charge in [-0.1, -0.05) is 48.0 Å². The average molecular weight is 431 g/mol. The normalized spacial score (nSPS) is 16.3. The van der Waals surface area contributed by atoms with Crippen LogP contribution in [0.4, 0.5) is 0 Å². The molecule has 0 bridgehead atoms. The van der Waals surface area contributed by atoms with Crippen molar-refractivity contribution in [2.24, 2.45) is 4.99 Å². The van der Waals surface area contributed by atoms with Gasteiger partial charge in [0.25, 0.3) is 0 Å². The number of halogens is 1. The highest BCUT2D eigenvalue weighted by molar-refractivity contribution is 6.30. The van der Waals surface area contributed by atoms with Gasteiger partial charge in [0.05, 0.1) is 25.9 Å². The van der Waals surface area contributed by atoms with Gasteiger partial charge in [-0.3, -0.25) is 4.90 Å². The first-order valence-electron chi connectivity index (χ1n) is 10.5. The summed E-state index contributed by atoms with van der Waals surface area (Å²) >= 11 is 5.92. The number of morpholine rings is 1. The molecule has 7 heteroatoms. The molecule has 1 fully saturated rings. The molecular weight excluding hydrogens is 400 g/mol. The molecule has 1 aliphatic heterocycles. The number of nitrogens with zero attached hydrogens (tertiary/aromatic N) is 2. The van der Waals surface area contributed by atoms with E-state index in [-0.39, 0.29) is 0 Å². The van der Waals surface area contributed by atoms with Gasteiger partial charge in [0.1, 0.15) is 0 Å². The summed E-state index contributed by atoms with van der Waals surface area (Å²) in [5.74, 6) is 0.687. The second-order valence-electron chi connectivity index (χ2n) is 7.30. The molecule has 2 aromatic rings. The summed E-state index contributed by atoms with van der Waals surface area (Å²) in [5.41, 5.74) is 3.32. The number of hydrogen-bond acceptors (Lipinski definition) is 4. The van der Waals surface area contributed by atoms with Crippen LogP contribution >= 0.6 is 11.6 Å². The predicted molar refractivity (Wildman–Crippen MR) is 122 cm³/mol. The number of benzene rings is 2. The lowest BCUT2D eigenvalue weighted by Gasteiger charge is -2.27. The van der Waals surface area contributed by atoms with Gasteiger partial charge in [0.15, 0.2) is 5.96 Å². The molecule has 0 aromatic heterocycles. The van der Waals surface area contributed by atoms with E-state index in [4.69, 9.17) is 21.3 Å². The van der Waals surface area contributed by atoms with Crippen LogP contribution in [0.25, 0.3) is 0 Å². The summed E-state index contributed by atoms with van der Waals surface area (Å²) in [5, 5.41) is 17.6. The van der Waals surface area contributed by atoms with Crippen LogP contribution < -0.4 is 10.6 Å². The van der Waals surface area contributed by atoms with Crippen LogP contribution in [0.3, 0.4) is 0 Å². The van der Waals surface area contributed by atoms with Crippen LogP contribution in [0, 0.1) is 0 Å². The molecule has 0 saturated carbocycles. The number of aliphatic hydroxyl groups is 1. The Morgan fingerprint density at radius 1 is 1.10 bits per heavy atom. The largest absolute Gasteiger partial charge is 0.387 e. The van der Waals surface area contributed by atoms with Crippen molar-refractivity contribution in [2.45, 2.75) is 26.1 Å². The fraction of sp³-hybridized carbons (Fsp3) is 0.435. The number of hydrogen-bond donors (Lipinski definition) is 3. The molecule has 1 unspecified atom stereocenters. The van der Waals surface area contributed by atoms with Crippen LogP contribution in [0.2, 0.25) is 5.02 Å². The molecule has 2 aromatic carbocycles. The Bertz CT molecular complexity index is 807. The van der Waals surface area contributed by atoms with Crippen molar-refractivity contribution in [2.75, 3.05) is 39.4 Å². The Labute approximate surface area is 183 Å². The molecule has 162 valence electrons. The summed E-state index contributed by atoms with van der Waals surface area (Å²) in [7, 11) is 0. The van der Waals surface area contributed by atoms with Crippen LogP contribution in [0.1, 0.15) is 29.7 Å². The molecular formula is C23H31ClN4O2. The van der Waals surface area contributed by atoms with Crippen molar-refractivity contribution in [3.63, 3.8) is 0 Å². The lowest BCUT2D eigenvalue weighted by molar-refractivity contribution is 0.0341. The highest BCUT2D eigenvalue weighted by Gasteiger charge is 2.13. The predicted octanol–water partition coefficient (Wildman–Crippen LogP) is 2.96. The molecule has 0 spiro atoms. The Kier molecular flexibility index (Phi) is 8.96. The molecule has 0 aliphatic carbocycles. The average Bonchev–Trinajstić information content (AvgIpc) is 2.77. The first-order valence-corrected chi connectivity index (χ1v) is 10.9. The molecule has 3 rings (SSSR count). The molecule has 0 amide bonds. The fourth-order valence-electron chi connectivity index (χ4n) is 3.37. The van der Waals surface area contributed by atoms with E-state index in [2.05, 4.69) is 39.8 Å². The van der Waals surface area contributed by atoms with E-state index < -0.39 is 6.10 Å². The van der Waals surface area contributed by atoms with E-state index in [9.17, 15) is 5.11 Å². The molecule has 1 atom stereocenters. The van der Waals surface area contributed by atoms with E-state index in [1.54, 1.807) is 12.1 Å². The number of guanidine groups is 1. The zero-order valence-corrected chi connectivity index (χ0v) is 18.2. The standard InChI is InChI=1S/C23H31ClN4O2/c1-2-25-23(27-16-22(29)18-7-9-21(24)10-8-18)26-15-19-5-3-4-6-20(19)17-28-11-13-30-14-12-28/h3-10,22,29H,2,11-17H2,1H3,(H2,25,26,27). The summed E-state index contributed by atoms with van der Waals surface area (Å²) < 4.78 is 5.45. The van der Waals surface area contributed by atoms with Crippen LogP contribution in [0.5, 0.6) is 0 Å². The van der Waals surface area contributed by atoms with Crippen molar-refractivity contribution in [1.29, 1.82) is 0 Å². The second-order valence-corrected chi connectivity index (χ2v) is 7.74. The van der Waals surface area contributed by atoms with Crippen LogP contribution in [-0.2, 0) is 17.8 Å². The molecule has 6 nitrogen and oxygen atoms in total. The minimum atomic E-state index is -0.639. The third kappa shape index (κ3) is 6.99. The maximum absolute atomic E-state index is 10.4. The molecule has 0 radical (unpaired) electrons. The van der Waals surface area contributed by atoms with E-state index in [1.165, 1.54) is 11.1 Å². The number of aliphatic hydroxyl groups excluding tert-OH is 1. The monoisotopic (exact) mass is 430 g/mol. The minimum absolute atomic E-state index is 0.364. The first-order chi connectivity index (χ1) is 14.7. The number of ether oxygens (including phenoxy) is 1. The summed E-state index contributed by atoms with van der Waals surface area (Å²) in [6.45, 7) is 8.14. The van der Waals surface area contributed by atoms with Gasteiger partial charge in [-0.05, 0) is 35.7 Å². The Hall–Kier alpha value is -2.12. The minimum Gasteiger partial charge on any atom is -0.387 e. The second kappa shape index (κ2) is 11.9. The topological polar surface area (TPSA) is 69.1 Å². The lowest BCUT2D eigenvalue weighted by Crippen LogP contribution is -2.39. The van der Waals surface area contributed by atoms with Gasteiger partial charge in [-0.2, -0.15) is 0 Å². The van der Waals surface area contributed by atoms with Crippen LogP contribution in [0.15, 0.2) is 53.5 Å². The number of rotatable bonds is 8. The van der Waals surface area contributed by atoms with E-state index in [1.807, 2.05) is 19.1 Å². The lowest BCUT2D eigenvalue weighted by atomic mass is 10.1. The van der Waals surface area contributed by atoms with E-state index in [0.717, 1.165) is 45.0 Å². The molecule has 3 N–H and O–H groups in total. The molecule has 1 saturated heterocycles. The van der Waals surface area contributed by atoms with Crippen molar-refractivity contribution in [3.8, 4) is 0 Å². The number of nitrogens with one attached hydrogen (secondary N) is 2. The Morgan fingerprint density at radius 2 is 1.80 bits per heavy atom. The van der Waals surface area contributed by atoms with Gasteiger partial charge in [0.2, 0.25) is 0 Å². The SMILES string of the molecule is CCNC(=NCc1ccccc1CN1CCOCC1)NCC(O)c1ccc(Cl)cc1. The van der Waals surface area contributed by atoms with Crippen molar-refractivity contribution in [1.82, 2.24) is 15.5 Å². The van der Waals surface area contributed by atoms with Crippen molar-refractivity contribution in [3.05, 3.63) is 70.2 Å².